The van der Waals surface area contributed by atoms with Crippen molar-refractivity contribution < 1.29 is 34.1 Å². The second-order valence-corrected chi connectivity index (χ2v) is 5.82. The van der Waals surface area contributed by atoms with Crippen molar-refractivity contribution in [3.05, 3.63) is 54.3 Å². The molecule has 148 valence electrons. The maximum Gasteiger partial charge on any atom is 0.341 e. The Morgan fingerprint density at radius 2 is 1.75 bits per heavy atom. The summed E-state index contributed by atoms with van der Waals surface area (Å²) in [6, 6.07) is 13.4. The highest BCUT2D eigenvalue weighted by atomic mass is 16.5. The summed E-state index contributed by atoms with van der Waals surface area (Å²) in [6.45, 7) is 1.98. The molecule has 1 amide bonds. The summed E-state index contributed by atoms with van der Waals surface area (Å²) < 4.78 is 10.2. The van der Waals surface area contributed by atoms with Gasteiger partial charge in [-0.15, -0.1) is 0 Å². The number of carboxylic acid groups (broad SMARTS) is 2. The van der Waals surface area contributed by atoms with Gasteiger partial charge in [-0.05, 0) is 29.8 Å². The molecule has 0 radical (unpaired) electrons. The van der Waals surface area contributed by atoms with E-state index in [0.29, 0.717) is 18.1 Å². The van der Waals surface area contributed by atoms with Crippen molar-refractivity contribution in [2.75, 3.05) is 26.3 Å². The molecule has 28 heavy (non-hydrogen) atoms. The number of hydrogen-bond acceptors (Lipinski definition) is 5. The summed E-state index contributed by atoms with van der Waals surface area (Å²) >= 11 is 0. The molecule has 0 fully saturated rings. The monoisotopic (exact) mass is 387 g/mol. The first-order chi connectivity index (χ1) is 13.4. The molecule has 0 saturated heterocycles. The Labute approximate surface area is 161 Å². The minimum absolute atomic E-state index is 0.263. The number of carbonyl (C=O) groups is 3. The molecule has 2 N–H and O–H groups in total. The van der Waals surface area contributed by atoms with Crippen LogP contribution in [0.25, 0.3) is 10.8 Å². The highest BCUT2D eigenvalue weighted by Gasteiger charge is 2.23. The summed E-state index contributed by atoms with van der Waals surface area (Å²) in [5.41, 5.74) is 0. The van der Waals surface area contributed by atoms with Gasteiger partial charge in [-0.25, -0.2) is 4.79 Å². The van der Waals surface area contributed by atoms with Crippen LogP contribution in [0.4, 0.5) is 0 Å². The molecular weight excluding hydrogens is 366 g/mol. The number of carbonyl (C=O) groups excluding carboxylic acids is 1. The fourth-order valence-electron chi connectivity index (χ4n) is 2.51. The van der Waals surface area contributed by atoms with E-state index in [1.165, 1.54) is 11.0 Å². The minimum atomic E-state index is -1.01. The number of amides is 1. The normalized spacial score (nSPS) is 12.8. The third-order valence-corrected chi connectivity index (χ3v) is 3.68. The molecule has 0 aliphatic carbocycles. The number of carboxylic acids is 2. The Hall–Kier alpha value is -3.55. The van der Waals surface area contributed by atoms with Crippen molar-refractivity contribution in [3.8, 4) is 5.75 Å². The third kappa shape index (κ3) is 6.31. The molecule has 8 nitrogen and oxygen atoms in total. The minimum Gasteiger partial charge on any atom is -0.496 e. The van der Waals surface area contributed by atoms with Gasteiger partial charge in [0.2, 0.25) is 0 Å². The Morgan fingerprint density at radius 1 is 1.04 bits per heavy atom. The zero-order valence-electron chi connectivity index (χ0n) is 15.3. The van der Waals surface area contributed by atoms with Crippen LogP contribution in [0.3, 0.4) is 0 Å². The van der Waals surface area contributed by atoms with Gasteiger partial charge in [0.25, 0.3) is 5.91 Å². The van der Waals surface area contributed by atoms with E-state index in [2.05, 4.69) is 0 Å². The number of nitrogens with zero attached hydrogens (tertiary/aromatic N) is 1. The van der Waals surface area contributed by atoms with E-state index in [1.54, 1.807) is 6.07 Å². The van der Waals surface area contributed by atoms with Crippen LogP contribution < -0.4 is 4.74 Å². The Morgan fingerprint density at radius 3 is 2.39 bits per heavy atom. The van der Waals surface area contributed by atoms with E-state index >= 15 is 0 Å². The van der Waals surface area contributed by atoms with E-state index in [1.807, 2.05) is 43.3 Å². The largest absolute Gasteiger partial charge is 0.496 e. The predicted octanol–water partition coefficient (Wildman–Crippen LogP) is 2.14. The lowest BCUT2D eigenvalue weighted by atomic mass is 10.1. The SMILES string of the molecule is CCOC1=CC(=O)N(CC(=O)O)C1.O=C(O)COc1ccc2ccccc2c1. The second kappa shape index (κ2) is 9.96. The van der Waals surface area contributed by atoms with Gasteiger partial charge in [0.05, 0.1) is 13.2 Å². The quantitative estimate of drug-likeness (QED) is 0.748. The molecule has 8 heteroatoms. The van der Waals surface area contributed by atoms with Crippen molar-refractivity contribution in [1.82, 2.24) is 4.90 Å². The van der Waals surface area contributed by atoms with E-state index in [4.69, 9.17) is 19.7 Å². The van der Waals surface area contributed by atoms with Crippen LogP contribution in [0.5, 0.6) is 5.75 Å². The van der Waals surface area contributed by atoms with Gasteiger partial charge in [0, 0.05) is 6.08 Å². The van der Waals surface area contributed by atoms with E-state index in [9.17, 15) is 14.4 Å². The van der Waals surface area contributed by atoms with E-state index in [-0.39, 0.29) is 25.6 Å². The van der Waals surface area contributed by atoms with Crippen molar-refractivity contribution in [2.45, 2.75) is 6.92 Å². The van der Waals surface area contributed by atoms with Gasteiger partial charge in [0.1, 0.15) is 18.1 Å². The van der Waals surface area contributed by atoms with Crippen LogP contribution in [0.15, 0.2) is 54.3 Å². The average molecular weight is 387 g/mol. The van der Waals surface area contributed by atoms with Crippen LogP contribution in [0, 0.1) is 0 Å². The number of fused-ring (bicyclic) bond motifs is 1. The molecule has 3 rings (SSSR count). The lowest BCUT2D eigenvalue weighted by molar-refractivity contribution is -0.142. The number of ether oxygens (including phenoxy) is 2. The van der Waals surface area contributed by atoms with Gasteiger partial charge in [-0.3, -0.25) is 9.59 Å². The first kappa shape index (κ1) is 20.8. The molecule has 0 bridgehead atoms. The van der Waals surface area contributed by atoms with Gasteiger partial charge in [-0.1, -0.05) is 30.3 Å². The Bertz CT molecular complexity index is 891. The third-order valence-electron chi connectivity index (χ3n) is 3.68. The Kier molecular flexibility index (Phi) is 7.38. The van der Waals surface area contributed by atoms with Gasteiger partial charge in [-0.2, -0.15) is 0 Å². The predicted molar refractivity (Wildman–Crippen MR) is 101 cm³/mol. The smallest absolute Gasteiger partial charge is 0.341 e. The van der Waals surface area contributed by atoms with Crippen molar-refractivity contribution in [2.24, 2.45) is 0 Å². The lowest BCUT2D eigenvalue weighted by Crippen LogP contribution is -2.31. The summed E-state index contributed by atoms with van der Waals surface area (Å²) in [4.78, 5) is 32.9. The van der Waals surface area contributed by atoms with E-state index < -0.39 is 11.9 Å². The van der Waals surface area contributed by atoms with Crippen LogP contribution in [0.2, 0.25) is 0 Å². The van der Waals surface area contributed by atoms with Gasteiger partial charge in [0.15, 0.2) is 6.61 Å². The summed E-state index contributed by atoms with van der Waals surface area (Å²) in [7, 11) is 0. The number of benzene rings is 2. The molecule has 2 aromatic rings. The zero-order chi connectivity index (χ0) is 20.5. The average Bonchev–Trinajstić information content (AvgIpc) is 2.99. The standard InChI is InChI=1S/C12H10O3.C8H11NO4/c13-12(14)8-15-11-6-5-9-3-1-2-4-10(9)7-11;1-2-13-6-3-7(10)9(4-6)5-8(11)12/h1-7H,8H2,(H,13,14);3H,2,4-5H2,1H3,(H,11,12). The number of hydrogen-bond donors (Lipinski definition) is 2. The summed E-state index contributed by atoms with van der Waals surface area (Å²) in [5, 5.41) is 19.1. The van der Waals surface area contributed by atoms with Crippen LogP contribution in [-0.2, 0) is 19.1 Å². The first-order valence-corrected chi connectivity index (χ1v) is 8.56. The maximum atomic E-state index is 11.1. The Balaban J connectivity index is 0.000000203. The first-order valence-electron chi connectivity index (χ1n) is 8.56. The molecule has 2 aromatic carbocycles. The number of aliphatic carboxylic acids is 2. The molecule has 0 unspecified atom stereocenters. The highest BCUT2D eigenvalue weighted by molar-refractivity contribution is 5.92. The molecule has 0 atom stereocenters. The molecule has 1 heterocycles. The van der Waals surface area contributed by atoms with Crippen molar-refractivity contribution in [1.29, 1.82) is 0 Å². The fraction of sp³-hybridized carbons (Fsp3) is 0.250. The lowest BCUT2D eigenvalue weighted by Gasteiger charge is -2.12. The van der Waals surface area contributed by atoms with E-state index in [0.717, 1.165) is 10.8 Å². The fourth-order valence-corrected chi connectivity index (χ4v) is 2.51. The molecule has 1 aliphatic heterocycles. The van der Waals surface area contributed by atoms with Crippen molar-refractivity contribution >= 4 is 28.6 Å². The zero-order valence-corrected chi connectivity index (χ0v) is 15.3. The van der Waals surface area contributed by atoms with Crippen LogP contribution >= 0.6 is 0 Å². The van der Waals surface area contributed by atoms with Crippen molar-refractivity contribution in [3.63, 3.8) is 0 Å². The molecule has 0 aromatic heterocycles. The second-order valence-electron chi connectivity index (χ2n) is 5.82. The highest BCUT2D eigenvalue weighted by Crippen LogP contribution is 2.20. The molecule has 0 saturated carbocycles. The number of rotatable bonds is 7. The molecule has 1 aliphatic rings. The molecule has 0 spiro atoms. The maximum absolute atomic E-state index is 11.1. The van der Waals surface area contributed by atoms with Gasteiger partial charge < -0.3 is 24.6 Å². The summed E-state index contributed by atoms with van der Waals surface area (Å²) in [6.07, 6.45) is 1.33. The van der Waals surface area contributed by atoms with Crippen LogP contribution in [0.1, 0.15) is 6.92 Å². The van der Waals surface area contributed by atoms with Crippen LogP contribution in [-0.4, -0.2) is 59.3 Å². The summed E-state index contributed by atoms with van der Waals surface area (Å²) in [5.74, 6) is -1.17. The van der Waals surface area contributed by atoms with Gasteiger partial charge >= 0.3 is 11.9 Å². The molecular formula is C20H21NO7. The topological polar surface area (TPSA) is 113 Å².